The molecule has 0 aliphatic carbocycles. The minimum absolute atomic E-state index is 0.0641. The zero-order chi connectivity index (χ0) is 17.4. The van der Waals surface area contributed by atoms with Gasteiger partial charge in [-0.3, -0.25) is 9.59 Å². The van der Waals surface area contributed by atoms with E-state index >= 15 is 0 Å². The summed E-state index contributed by atoms with van der Waals surface area (Å²) in [5.74, 6) is -0.310. The van der Waals surface area contributed by atoms with Crippen LogP contribution in [0.1, 0.15) is 6.92 Å². The van der Waals surface area contributed by atoms with Gasteiger partial charge in [-0.1, -0.05) is 30.3 Å². The van der Waals surface area contributed by atoms with E-state index in [9.17, 15) is 9.59 Å². The van der Waals surface area contributed by atoms with Crippen LogP contribution in [-0.4, -0.2) is 32.8 Å². The molecule has 3 N–H and O–H groups in total. The normalized spacial score (nSPS) is 10.0. The fraction of sp³-hybridized carbons (Fsp3) is 0.222. The molecule has 2 rings (SSSR count). The van der Waals surface area contributed by atoms with Crippen LogP contribution < -0.4 is 16.0 Å². The highest BCUT2D eigenvalue weighted by Gasteiger charge is 2.05. The lowest BCUT2D eigenvalue weighted by Crippen LogP contribution is -2.26. The van der Waals surface area contributed by atoms with Gasteiger partial charge < -0.3 is 16.0 Å². The molecule has 0 heterocycles. The highest BCUT2D eigenvalue weighted by molar-refractivity contribution is 6.22. The Balaban J connectivity index is 2.20. The molecule has 122 valence electrons. The summed E-state index contributed by atoms with van der Waals surface area (Å²) in [6, 6.07) is 15.6. The molecule has 0 aromatic heterocycles. The number of carbonyl (C=O) groups is 2. The molecule has 0 spiro atoms. The van der Waals surface area contributed by atoms with Gasteiger partial charge in [0.2, 0.25) is 11.8 Å². The summed E-state index contributed by atoms with van der Waals surface area (Å²) >= 11 is 0. The third-order valence-corrected chi connectivity index (χ3v) is 3.34. The maximum absolute atomic E-state index is 11.6. The molecule has 2 radical (unpaired) electrons. The van der Waals surface area contributed by atoms with E-state index < -0.39 is 0 Å². The fourth-order valence-corrected chi connectivity index (χ4v) is 2.26. The van der Waals surface area contributed by atoms with Gasteiger partial charge in [0, 0.05) is 31.4 Å². The molecule has 2 aromatic carbocycles. The molecule has 0 saturated heterocycles. The summed E-state index contributed by atoms with van der Waals surface area (Å²) < 4.78 is 0. The summed E-state index contributed by atoms with van der Waals surface area (Å²) in [6.45, 7) is 2.59. The average Bonchev–Trinajstić information content (AvgIpc) is 2.59. The third kappa shape index (κ3) is 5.46. The zero-order valence-corrected chi connectivity index (χ0v) is 13.6. The molecule has 0 fully saturated rings. The van der Waals surface area contributed by atoms with Crippen molar-refractivity contribution in [2.75, 3.05) is 23.7 Å². The second-order valence-electron chi connectivity index (χ2n) is 5.33. The first kappa shape index (κ1) is 17.6. The van der Waals surface area contributed by atoms with E-state index in [1.54, 1.807) is 0 Å². The van der Waals surface area contributed by atoms with Gasteiger partial charge in [-0.2, -0.15) is 0 Å². The molecule has 0 bridgehead atoms. The topological polar surface area (TPSA) is 70.2 Å². The molecule has 6 heteroatoms. The van der Waals surface area contributed by atoms with Crippen LogP contribution in [0.5, 0.6) is 0 Å². The Hall–Kier alpha value is -2.76. The molecular weight excluding hydrogens is 301 g/mol. The number of nitrogens with one attached hydrogen (secondary N) is 3. The quantitative estimate of drug-likeness (QED) is 0.542. The van der Waals surface area contributed by atoms with Gasteiger partial charge in [0.25, 0.3) is 0 Å². The Morgan fingerprint density at radius 1 is 0.958 bits per heavy atom. The second-order valence-corrected chi connectivity index (χ2v) is 5.33. The number of rotatable bonds is 7. The molecule has 5 nitrogen and oxygen atoms in total. The first-order valence-electron chi connectivity index (χ1n) is 7.77. The minimum Gasteiger partial charge on any atom is -0.383 e. The second kappa shape index (κ2) is 8.77. The van der Waals surface area contributed by atoms with Gasteiger partial charge in [-0.25, -0.2) is 0 Å². The van der Waals surface area contributed by atoms with Crippen molar-refractivity contribution in [1.82, 2.24) is 5.32 Å². The van der Waals surface area contributed by atoms with E-state index in [-0.39, 0.29) is 18.1 Å². The van der Waals surface area contributed by atoms with Crippen LogP contribution in [0.25, 0.3) is 11.1 Å². The van der Waals surface area contributed by atoms with Gasteiger partial charge in [0.05, 0.1) is 7.85 Å². The number of amides is 2. The Morgan fingerprint density at radius 2 is 1.67 bits per heavy atom. The van der Waals surface area contributed by atoms with Gasteiger partial charge in [0.1, 0.15) is 0 Å². The summed E-state index contributed by atoms with van der Waals surface area (Å²) in [5, 5.41) is 8.75. The zero-order valence-electron chi connectivity index (χ0n) is 13.6. The number of anilines is 2. The molecule has 0 aliphatic rings. The highest BCUT2D eigenvalue weighted by atomic mass is 16.2. The highest BCUT2D eigenvalue weighted by Crippen LogP contribution is 2.27. The van der Waals surface area contributed by atoms with Crippen molar-refractivity contribution in [3.8, 4) is 11.1 Å². The van der Waals surface area contributed by atoms with E-state index in [0.717, 1.165) is 16.8 Å². The number of benzene rings is 2. The third-order valence-electron chi connectivity index (χ3n) is 3.34. The maximum atomic E-state index is 11.6. The Morgan fingerprint density at radius 3 is 2.33 bits per heavy atom. The maximum Gasteiger partial charge on any atom is 0.216 e. The summed E-state index contributed by atoms with van der Waals surface area (Å²) in [6.07, 6.45) is -0.0686. The van der Waals surface area contributed by atoms with E-state index in [2.05, 4.69) is 16.0 Å². The lowest BCUT2D eigenvalue weighted by Gasteiger charge is -2.13. The lowest BCUT2D eigenvalue weighted by molar-refractivity contribution is -0.119. The number of hydrogen-bond acceptors (Lipinski definition) is 3. The van der Waals surface area contributed by atoms with Gasteiger partial charge in [-0.15, -0.1) is 0 Å². The first-order valence-corrected chi connectivity index (χ1v) is 7.77. The van der Waals surface area contributed by atoms with Gasteiger partial charge >= 0.3 is 0 Å². The van der Waals surface area contributed by atoms with Crippen molar-refractivity contribution in [3.63, 3.8) is 0 Å². The smallest absolute Gasteiger partial charge is 0.216 e. The fourth-order valence-electron chi connectivity index (χ4n) is 2.26. The molecule has 0 unspecified atom stereocenters. The molecule has 0 saturated carbocycles. The molecule has 2 amide bonds. The van der Waals surface area contributed by atoms with E-state index in [1.807, 2.05) is 48.5 Å². The van der Waals surface area contributed by atoms with Gasteiger partial charge in [-0.05, 0) is 35.6 Å². The minimum atomic E-state index is -0.246. The van der Waals surface area contributed by atoms with E-state index in [1.165, 1.54) is 6.92 Å². The molecule has 0 aliphatic heterocycles. The molecular formula is C18H20BN3O2. The summed E-state index contributed by atoms with van der Waals surface area (Å²) in [5.41, 5.74) is 3.56. The number of carbonyl (C=O) groups excluding carboxylic acids is 2. The van der Waals surface area contributed by atoms with Gasteiger partial charge in [0.15, 0.2) is 0 Å². The van der Waals surface area contributed by atoms with Crippen LogP contribution in [0.2, 0.25) is 6.32 Å². The molecule has 0 atom stereocenters. The predicted molar refractivity (Wildman–Crippen MR) is 98.2 cm³/mol. The van der Waals surface area contributed by atoms with E-state index in [0.29, 0.717) is 18.8 Å². The van der Waals surface area contributed by atoms with Crippen molar-refractivity contribution in [2.24, 2.45) is 0 Å². The predicted octanol–water partition coefficient (Wildman–Crippen LogP) is 2.43. The first-order chi connectivity index (χ1) is 11.6. The molecule has 2 aromatic rings. The van der Waals surface area contributed by atoms with E-state index in [4.69, 9.17) is 7.85 Å². The Labute approximate surface area is 143 Å². The Kier molecular flexibility index (Phi) is 6.43. The lowest BCUT2D eigenvalue weighted by atomic mass is 10.0. The van der Waals surface area contributed by atoms with Crippen molar-refractivity contribution < 1.29 is 9.59 Å². The number of hydrogen-bond donors (Lipinski definition) is 3. The van der Waals surface area contributed by atoms with Crippen molar-refractivity contribution in [3.05, 3.63) is 48.5 Å². The van der Waals surface area contributed by atoms with Crippen LogP contribution in [0, 0.1) is 0 Å². The monoisotopic (exact) mass is 321 g/mol. The molecule has 24 heavy (non-hydrogen) atoms. The van der Waals surface area contributed by atoms with Crippen LogP contribution >= 0.6 is 0 Å². The summed E-state index contributed by atoms with van der Waals surface area (Å²) in [4.78, 5) is 22.5. The average molecular weight is 321 g/mol. The van der Waals surface area contributed by atoms with Crippen molar-refractivity contribution >= 4 is 31.0 Å². The largest absolute Gasteiger partial charge is 0.383 e. The van der Waals surface area contributed by atoms with Crippen molar-refractivity contribution in [1.29, 1.82) is 0 Å². The standard InChI is InChI=1S/C18H20BN3O2/c1-13(23)20-7-8-21-16-9-15(14-5-3-2-4-6-14)10-17(11-16)22-18(24)12-19/h2-6,9-11,21H,7-8,12H2,1H3,(H,20,23)(H,22,24). The van der Waals surface area contributed by atoms with Crippen LogP contribution in [0.4, 0.5) is 11.4 Å². The summed E-state index contributed by atoms with van der Waals surface area (Å²) in [7, 11) is 5.37. The van der Waals surface area contributed by atoms with Crippen molar-refractivity contribution in [2.45, 2.75) is 13.2 Å². The SMILES string of the molecule is [B]CC(=O)Nc1cc(NCCNC(C)=O)cc(-c2ccccc2)c1. The Bertz CT molecular complexity index is 705. The van der Waals surface area contributed by atoms with Crippen LogP contribution in [-0.2, 0) is 9.59 Å². The van der Waals surface area contributed by atoms with Crippen LogP contribution in [0.15, 0.2) is 48.5 Å². The van der Waals surface area contributed by atoms with Crippen LogP contribution in [0.3, 0.4) is 0 Å².